The average molecular weight is 386 g/mol. The standard InChI is InChI=1S/C19H22N4O3S/c1-21(19(27)20-16-4-8-18(9-5-16)23(24)25)14-15-2-6-17(7-3-15)22-10-12-26-13-11-22/h2-9H,10-14H2,1H3,(H,20,27). The van der Waals surface area contributed by atoms with Gasteiger partial charge in [-0.05, 0) is 42.0 Å². The minimum atomic E-state index is -0.422. The zero-order valence-electron chi connectivity index (χ0n) is 15.1. The Morgan fingerprint density at radius 3 is 2.41 bits per heavy atom. The molecule has 1 saturated heterocycles. The fourth-order valence-electron chi connectivity index (χ4n) is 2.86. The van der Waals surface area contributed by atoms with E-state index in [1.165, 1.54) is 17.8 Å². The van der Waals surface area contributed by atoms with Crippen molar-refractivity contribution in [1.82, 2.24) is 4.90 Å². The molecule has 0 radical (unpaired) electrons. The van der Waals surface area contributed by atoms with E-state index in [9.17, 15) is 10.1 Å². The van der Waals surface area contributed by atoms with Gasteiger partial charge >= 0.3 is 0 Å². The number of ether oxygens (including phenoxy) is 1. The normalized spacial score (nSPS) is 13.9. The monoisotopic (exact) mass is 386 g/mol. The van der Waals surface area contributed by atoms with Gasteiger partial charge in [0.15, 0.2) is 5.11 Å². The van der Waals surface area contributed by atoms with Gasteiger partial charge in [0.2, 0.25) is 0 Å². The summed E-state index contributed by atoms with van der Waals surface area (Å²) in [6.07, 6.45) is 0. The Bertz CT molecular complexity index is 790. The van der Waals surface area contributed by atoms with Crippen LogP contribution in [0.5, 0.6) is 0 Å². The lowest BCUT2D eigenvalue weighted by molar-refractivity contribution is -0.384. The van der Waals surface area contributed by atoms with Gasteiger partial charge in [0.25, 0.3) is 5.69 Å². The van der Waals surface area contributed by atoms with E-state index < -0.39 is 4.92 Å². The summed E-state index contributed by atoms with van der Waals surface area (Å²) >= 11 is 5.43. The largest absolute Gasteiger partial charge is 0.378 e. The molecule has 1 N–H and O–H groups in total. The molecule has 1 heterocycles. The van der Waals surface area contributed by atoms with E-state index >= 15 is 0 Å². The van der Waals surface area contributed by atoms with Crippen molar-refractivity contribution >= 4 is 34.4 Å². The lowest BCUT2D eigenvalue weighted by Gasteiger charge is -2.29. The maximum absolute atomic E-state index is 10.7. The number of hydrogen-bond acceptors (Lipinski definition) is 5. The summed E-state index contributed by atoms with van der Waals surface area (Å²) in [6.45, 7) is 4.05. The van der Waals surface area contributed by atoms with Crippen LogP contribution in [-0.2, 0) is 11.3 Å². The second-order valence-corrected chi connectivity index (χ2v) is 6.74. The van der Waals surface area contributed by atoms with E-state index in [0.29, 0.717) is 11.7 Å². The first-order chi connectivity index (χ1) is 13.0. The van der Waals surface area contributed by atoms with Gasteiger partial charge < -0.3 is 19.9 Å². The highest BCUT2D eigenvalue weighted by Crippen LogP contribution is 2.18. The molecule has 0 unspecified atom stereocenters. The molecule has 1 aliphatic rings. The minimum absolute atomic E-state index is 0.0557. The Balaban J connectivity index is 1.55. The molecule has 0 atom stereocenters. The van der Waals surface area contributed by atoms with E-state index in [1.807, 2.05) is 11.9 Å². The first-order valence-corrected chi connectivity index (χ1v) is 9.12. The topological polar surface area (TPSA) is 70.9 Å². The van der Waals surface area contributed by atoms with Crippen LogP contribution in [0.3, 0.4) is 0 Å². The van der Waals surface area contributed by atoms with Crippen LogP contribution in [-0.4, -0.2) is 48.3 Å². The molecule has 0 bridgehead atoms. The van der Waals surface area contributed by atoms with Crippen LogP contribution in [0.2, 0.25) is 0 Å². The van der Waals surface area contributed by atoms with E-state index in [4.69, 9.17) is 17.0 Å². The first-order valence-electron chi connectivity index (χ1n) is 8.71. The summed E-state index contributed by atoms with van der Waals surface area (Å²) < 4.78 is 5.39. The highest BCUT2D eigenvalue weighted by atomic mass is 32.1. The molecule has 27 heavy (non-hydrogen) atoms. The fourth-order valence-corrected chi connectivity index (χ4v) is 3.05. The number of rotatable bonds is 5. The number of non-ortho nitro benzene ring substituents is 1. The van der Waals surface area contributed by atoms with Gasteiger partial charge in [0.05, 0.1) is 18.1 Å². The number of nitro benzene ring substituents is 1. The van der Waals surface area contributed by atoms with Crippen LogP contribution in [0.1, 0.15) is 5.56 Å². The minimum Gasteiger partial charge on any atom is -0.378 e. The number of thiocarbonyl (C=S) groups is 1. The molecular formula is C19H22N4O3S. The number of morpholine rings is 1. The second-order valence-electron chi connectivity index (χ2n) is 6.36. The zero-order chi connectivity index (χ0) is 19.2. The lowest BCUT2D eigenvalue weighted by atomic mass is 10.2. The SMILES string of the molecule is CN(Cc1ccc(N2CCOCC2)cc1)C(=S)Nc1ccc([N+](=O)[O-])cc1. The van der Waals surface area contributed by atoms with Crippen molar-refractivity contribution in [2.75, 3.05) is 43.6 Å². The van der Waals surface area contributed by atoms with Crippen LogP contribution in [0.15, 0.2) is 48.5 Å². The van der Waals surface area contributed by atoms with Crippen LogP contribution in [0.25, 0.3) is 0 Å². The molecule has 142 valence electrons. The van der Waals surface area contributed by atoms with Crippen LogP contribution < -0.4 is 10.2 Å². The molecule has 0 aromatic heterocycles. The Kier molecular flexibility index (Phi) is 6.20. The Labute approximate surface area is 163 Å². The predicted octanol–water partition coefficient (Wildman–Crippen LogP) is 3.26. The third-order valence-corrected chi connectivity index (χ3v) is 4.82. The molecule has 0 amide bonds. The average Bonchev–Trinajstić information content (AvgIpc) is 2.69. The summed E-state index contributed by atoms with van der Waals surface area (Å²) in [4.78, 5) is 14.5. The maximum Gasteiger partial charge on any atom is 0.269 e. The van der Waals surface area contributed by atoms with Crippen molar-refractivity contribution in [2.24, 2.45) is 0 Å². The second kappa shape index (κ2) is 8.79. The molecule has 1 fully saturated rings. The van der Waals surface area contributed by atoms with Crippen LogP contribution in [0, 0.1) is 10.1 Å². The molecule has 2 aromatic rings. The van der Waals surface area contributed by atoms with Gasteiger partial charge in [-0.15, -0.1) is 0 Å². The summed E-state index contributed by atoms with van der Waals surface area (Å²) in [7, 11) is 1.91. The van der Waals surface area contributed by atoms with E-state index in [2.05, 4.69) is 34.5 Å². The molecule has 2 aromatic carbocycles. The van der Waals surface area contributed by atoms with Gasteiger partial charge in [0, 0.05) is 50.2 Å². The quantitative estimate of drug-likeness (QED) is 0.480. The van der Waals surface area contributed by atoms with Crippen LogP contribution in [0.4, 0.5) is 17.1 Å². The van der Waals surface area contributed by atoms with Gasteiger partial charge in [-0.3, -0.25) is 10.1 Å². The summed E-state index contributed by atoms with van der Waals surface area (Å²) in [5, 5.41) is 14.4. The summed E-state index contributed by atoms with van der Waals surface area (Å²) in [5.41, 5.74) is 3.14. The number of nitro groups is 1. The number of benzene rings is 2. The van der Waals surface area contributed by atoms with Crippen molar-refractivity contribution in [3.8, 4) is 0 Å². The molecule has 0 saturated carbocycles. The van der Waals surface area contributed by atoms with Crippen molar-refractivity contribution < 1.29 is 9.66 Å². The molecule has 0 aliphatic carbocycles. The smallest absolute Gasteiger partial charge is 0.269 e. The van der Waals surface area contributed by atoms with Gasteiger partial charge in [-0.1, -0.05) is 12.1 Å². The fraction of sp³-hybridized carbons (Fsp3) is 0.316. The first kappa shape index (κ1) is 19.1. The highest BCUT2D eigenvalue weighted by Gasteiger charge is 2.12. The highest BCUT2D eigenvalue weighted by molar-refractivity contribution is 7.80. The Morgan fingerprint density at radius 2 is 1.81 bits per heavy atom. The number of nitrogens with zero attached hydrogens (tertiary/aromatic N) is 3. The predicted molar refractivity (Wildman–Crippen MR) is 110 cm³/mol. The van der Waals surface area contributed by atoms with Crippen molar-refractivity contribution in [2.45, 2.75) is 6.54 Å². The van der Waals surface area contributed by atoms with E-state index in [0.717, 1.165) is 37.6 Å². The Morgan fingerprint density at radius 1 is 1.19 bits per heavy atom. The summed E-state index contributed by atoms with van der Waals surface area (Å²) in [6, 6.07) is 14.7. The number of nitrogens with one attached hydrogen (secondary N) is 1. The number of hydrogen-bond donors (Lipinski definition) is 1. The van der Waals surface area contributed by atoms with E-state index in [1.54, 1.807) is 12.1 Å². The lowest BCUT2D eigenvalue weighted by Crippen LogP contribution is -2.36. The van der Waals surface area contributed by atoms with Crippen LogP contribution >= 0.6 is 12.2 Å². The number of anilines is 2. The van der Waals surface area contributed by atoms with Gasteiger partial charge in [0.1, 0.15) is 0 Å². The third-order valence-electron chi connectivity index (χ3n) is 4.41. The van der Waals surface area contributed by atoms with E-state index in [-0.39, 0.29) is 5.69 Å². The molecule has 1 aliphatic heterocycles. The van der Waals surface area contributed by atoms with Gasteiger partial charge in [-0.25, -0.2) is 0 Å². The zero-order valence-corrected chi connectivity index (χ0v) is 15.9. The Hall–Kier alpha value is -2.71. The van der Waals surface area contributed by atoms with Gasteiger partial charge in [-0.2, -0.15) is 0 Å². The summed E-state index contributed by atoms with van der Waals surface area (Å²) in [5.74, 6) is 0. The molecule has 7 nitrogen and oxygen atoms in total. The van der Waals surface area contributed by atoms with Crippen molar-refractivity contribution in [1.29, 1.82) is 0 Å². The molecule has 8 heteroatoms. The molecule has 3 rings (SSSR count). The third kappa shape index (κ3) is 5.15. The molecular weight excluding hydrogens is 364 g/mol. The van der Waals surface area contributed by atoms with Crippen molar-refractivity contribution in [3.05, 3.63) is 64.2 Å². The molecule has 0 spiro atoms. The van der Waals surface area contributed by atoms with Crippen molar-refractivity contribution in [3.63, 3.8) is 0 Å². The maximum atomic E-state index is 10.7.